The lowest BCUT2D eigenvalue weighted by Gasteiger charge is -2.18. The molecule has 0 bridgehead atoms. The molecule has 3 aromatic rings. The third kappa shape index (κ3) is 6.50. The number of carbonyl (C=O) groups is 3. The number of pyridine rings is 1. The number of benzene rings is 2. The Kier molecular flexibility index (Phi) is 7.48. The van der Waals surface area contributed by atoms with E-state index < -0.39 is 23.8 Å². The maximum Gasteiger partial charge on any atom is 0.303 e. The van der Waals surface area contributed by atoms with Crippen molar-refractivity contribution in [3.8, 4) is 11.3 Å². The monoisotopic (exact) mass is 417 g/mol. The van der Waals surface area contributed by atoms with Crippen LogP contribution in [-0.4, -0.2) is 33.9 Å². The quantitative estimate of drug-likeness (QED) is 0.496. The Labute approximate surface area is 180 Å². The Hall–Kier alpha value is -4.00. The summed E-state index contributed by atoms with van der Waals surface area (Å²) in [4.78, 5) is 40.5. The van der Waals surface area contributed by atoms with E-state index in [1.54, 1.807) is 12.1 Å². The second kappa shape index (κ2) is 10.7. The molecule has 3 rings (SSSR count). The highest BCUT2D eigenvalue weighted by Gasteiger charge is 2.22. The zero-order valence-corrected chi connectivity index (χ0v) is 16.8. The highest BCUT2D eigenvalue weighted by Crippen LogP contribution is 2.16. The fourth-order valence-corrected chi connectivity index (χ4v) is 2.99. The van der Waals surface area contributed by atoms with Gasteiger partial charge < -0.3 is 15.7 Å². The first kappa shape index (κ1) is 21.7. The van der Waals surface area contributed by atoms with Gasteiger partial charge in [0.2, 0.25) is 5.91 Å². The van der Waals surface area contributed by atoms with E-state index in [1.165, 1.54) is 6.20 Å². The molecule has 2 aromatic carbocycles. The first-order valence-corrected chi connectivity index (χ1v) is 9.88. The number of aromatic nitrogens is 1. The van der Waals surface area contributed by atoms with Crippen molar-refractivity contribution in [1.29, 1.82) is 0 Å². The van der Waals surface area contributed by atoms with Crippen molar-refractivity contribution >= 4 is 17.8 Å². The van der Waals surface area contributed by atoms with Gasteiger partial charge in [-0.3, -0.25) is 19.4 Å². The topological polar surface area (TPSA) is 108 Å². The highest BCUT2D eigenvalue weighted by molar-refractivity contribution is 5.97. The van der Waals surface area contributed by atoms with Crippen molar-refractivity contribution in [3.05, 3.63) is 90.1 Å². The second-order valence-corrected chi connectivity index (χ2v) is 6.96. The van der Waals surface area contributed by atoms with Crippen molar-refractivity contribution in [3.63, 3.8) is 0 Å². The summed E-state index contributed by atoms with van der Waals surface area (Å²) >= 11 is 0. The highest BCUT2D eigenvalue weighted by atomic mass is 16.4. The van der Waals surface area contributed by atoms with Crippen LogP contribution in [0, 0.1) is 0 Å². The van der Waals surface area contributed by atoms with Gasteiger partial charge in [0.15, 0.2) is 0 Å². The van der Waals surface area contributed by atoms with Crippen molar-refractivity contribution in [2.45, 2.75) is 25.4 Å². The number of hydrogen-bond acceptors (Lipinski definition) is 4. The molecule has 0 fully saturated rings. The summed E-state index contributed by atoms with van der Waals surface area (Å²) in [6.07, 6.45) is 1.18. The van der Waals surface area contributed by atoms with E-state index in [0.717, 1.165) is 16.8 Å². The first-order chi connectivity index (χ1) is 15.0. The lowest BCUT2D eigenvalue weighted by molar-refractivity contribution is -0.137. The van der Waals surface area contributed by atoms with Crippen molar-refractivity contribution in [2.75, 3.05) is 0 Å². The van der Waals surface area contributed by atoms with Crippen LogP contribution in [0.1, 0.15) is 28.8 Å². The van der Waals surface area contributed by atoms with Crippen LogP contribution in [0.25, 0.3) is 11.3 Å². The van der Waals surface area contributed by atoms with Crippen molar-refractivity contribution in [2.24, 2.45) is 0 Å². The number of nitrogens with one attached hydrogen (secondary N) is 2. The summed E-state index contributed by atoms with van der Waals surface area (Å²) < 4.78 is 0. The number of carbonyl (C=O) groups excluding carboxylic acids is 2. The number of nitrogens with zero attached hydrogens (tertiary/aromatic N) is 1. The predicted molar refractivity (Wildman–Crippen MR) is 116 cm³/mol. The lowest BCUT2D eigenvalue weighted by atomic mass is 10.1. The van der Waals surface area contributed by atoms with Crippen LogP contribution in [-0.2, 0) is 16.1 Å². The maximum atomic E-state index is 12.6. The molecule has 158 valence electrons. The maximum absolute atomic E-state index is 12.6. The number of amides is 2. The third-order valence-electron chi connectivity index (χ3n) is 4.67. The van der Waals surface area contributed by atoms with Gasteiger partial charge in [0.05, 0.1) is 11.3 Å². The largest absolute Gasteiger partial charge is 0.481 e. The molecule has 0 saturated heterocycles. The zero-order valence-electron chi connectivity index (χ0n) is 16.8. The summed E-state index contributed by atoms with van der Waals surface area (Å²) in [5.74, 6) is -1.96. The fourth-order valence-electron chi connectivity index (χ4n) is 2.99. The molecule has 2 amide bonds. The minimum atomic E-state index is -1.04. The summed E-state index contributed by atoms with van der Waals surface area (Å²) in [6, 6.07) is 21.3. The van der Waals surface area contributed by atoms with E-state index in [-0.39, 0.29) is 24.9 Å². The Balaban J connectivity index is 1.65. The molecule has 3 N–H and O–H groups in total. The first-order valence-electron chi connectivity index (χ1n) is 9.88. The Morgan fingerprint density at radius 2 is 1.58 bits per heavy atom. The molecule has 0 saturated carbocycles. The normalized spacial score (nSPS) is 11.4. The molecule has 0 aliphatic heterocycles. The summed E-state index contributed by atoms with van der Waals surface area (Å²) in [5.41, 5.74) is 2.84. The third-order valence-corrected chi connectivity index (χ3v) is 4.67. The van der Waals surface area contributed by atoms with Crippen LogP contribution in [0.5, 0.6) is 0 Å². The van der Waals surface area contributed by atoms with Crippen LogP contribution in [0.2, 0.25) is 0 Å². The van der Waals surface area contributed by atoms with Gasteiger partial charge in [0.25, 0.3) is 5.91 Å². The van der Waals surface area contributed by atoms with Gasteiger partial charge >= 0.3 is 5.97 Å². The predicted octanol–water partition coefficient (Wildman–Crippen LogP) is 3.03. The van der Waals surface area contributed by atoms with Gasteiger partial charge in [0.1, 0.15) is 6.04 Å². The number of carboxylic acids is 1. The van der Waals surface area contributed by atoms with Gasteiger partial charge in [-0.2, -0.15) is 0 Å². The van der Waals surface area contributed by atoms with E-state index >= 15 is 0 Å². The van der Waals surface area contributed by atoms with E-state index in [1.807, 2.05) is 60.7 Å². The van der Waals surface area contributed by atoms with E-state index in [9.17, 15) is 14.4 Å². The zero-order chi connectivity index (χ0) is 22.1. The number of rotatable bonds is 9. The van der Waals surface area contributed by atoms with Gasteiger partial charge in [-0.05, 0) is 24.1 Å². The Bertz CT molecular complexity index is 1020. The van der Waals surface area contributed by atoms with Gasteiger partial charge in [0, 0.05) is 24.7 Å². The molecule has 0 spiro atoms. The standard InChI is InChI=1S/C24H23N3O4/c28-22(29)14-13-21(24(31)26-15-17-7-3-1-4-8-17)27-23(30)19-11-12-20(25-16-19)18-9-5-2-6-10-18/h1-12,16,21H,13-15H2,(H,26,31)(H,27,30)(H,28,29)/t21-/m0/s1. The molecule has 0 aliphatic rings. The molecular formula is C24H23N3O4. The van der Waals surface area contributed by atoms with Crippen LogP contribution >= 0.6 is 0 Å². The minimum absolute atomic E-state index is 0.0166. The van der Waals surface area contributed by atoms with Crippen molar-refractivity contribution < 1.29 is 19.5 Å². The molecule has 7 heteroatoms. The molecule has 7 nitrogen and oxygen atoms in total. The van der Waals surface area contributed by atoms with Crippen LogP contribution < -0.4 is 10.6 Å². The van der Waals surface area contributed by atoms with E-state index in [0.29, 0.717) is 0 Å². The molecule has 1 heterocycles. The average Bonchev–Trinajstić information content (AvgIpc) is 2.81. The molecule has 0 radical (unpaired) electrons. The summed E-state index contributed by atoms with van der Waals surface area (Å²) in [5, 5.41) is 14.4. The lowest BCUT2D eigenvalue weighted by Crippen LogP contribution is -2.46. The molecule has 0 unspecified atom stereocenters. The van der Waals surface area contributed by atoms with E-state index in [2.05, 4.69) is 15.6 Å². The molecule has 0 aliphatic carbocycles. The Morgan fingerprint density at radius 1 is 0.903 bits per heavy atom. The summed E-state index contributed by atoms with van der Waals surface area (Å²) in [7, 11) is 0. The van der Waals surface area contributed by atoms with E-state index in [4.69, 9.17) is 5.11 Å². The number of hydrogen-bond donors (Lipinski definition) is 3. The van der Waals surface area contributed by atoms with Crippen molar-refractivity contribution in [1.82, 2.24) is 15.6 Å². The fraction of sp³-hybridized carbons (Fsp3) is 0.167. The van der Waals surface area contributed by atoms with Gasteiger partial charge in [-0.25, -0.2) is 0 Å². The van der Waals surface area contributed by atoms with Crippen LogP contribution in [0.3, 0.4) is 0 Å². The Morgan fingerprint density at radius 3 is 2.19 bits per heavy atom. The molecule has 31 heavy (non-hydrogen) atoms. The second-order valence-electron chi connectivity index (χ2n) is 6.96. The van der Waals surface area contributed by atoms with Gasteiger partial charge in [-0.1, -0.05) is 60.7 Å². The smallest absolute Gasteiger partial charge is 0.303 e. The SMILES string of the molecule is O=C(O)CC[C@H](NC(=O)c1ccc(-c2ccccc2)nc1)C(=O)NCc1ccccc1. The van der Waals surface area contributed by atoms with Crippen LogP contribution in [0.15, 0.2) is 79.0 Å². The molecule has 1 aromatic heterocycles. The number of carboxylic acid groups (broad SMARTS) is 1. The van der Waals surface area contributed by atoms with Gasteiger partial charge in [-0.15, -0.1) is 0 Å². The minimum Gasteiger partial charge on any atom is -0.481 e. The summed E-state index contributed by atoms with van der Waals surface area (Å²) in [6.45, 7) is 0.284. The molecule has 1 atom stereocenters. The average molecular weight is 417 g/mol. The number of aliphatic carboxylic acids is 1. The van der Waals surface area contributed by atoms with Crippen LogP contribution in [0.4, 0.5) is 0 Å². The molecular weight excluding hydrogens is 394 g/mol.